The molecule has 2 amide bonds. The summed E-state index contributed by atoms with van der Waals surface area (Å²) in [6.45, 7) is 4.38. The molecule has 0 aromatic heterocycles. The van der Waals surface area contributed by atoms with Crippen molar-refractivity contribution in [3.8, 4) is 0 Å². The molecule has 0 saturated carbocycles. The van der Waals surface area contributed by atoms with Crippen LogP contribution in [0.4, 0.5) is 11.4 Å². The molecule has 29 heavy (non-hydrogen) atoms. The first-order valence-corrected chi connectivity index (χ1v) is 9.96. The molecule has 0 spiro atoms. The van der Waals surface area contributed by atoms with Crippen molar-refractivity contribution in [3.05, 3.63) is 59.7 Å². The average Bonchev–Trinajstić information content (AvgIpc) is 3.17. The van der Waals surface area contributed by atoms with Crippen molar-refractivity contribution in [2.75, 3.05) is 23.4 Å². The first kappa shape index (κ1) is 20.6. The normalized spacial score (nSPS) is 14.6. The Bertz CT molecular complexity index is 909. The molecule has 1 atom stereocenters. The fraction of sp³-hybridized carbons (Fsp3) is 0.348. The Labute approximate surface area is 170 Å². The highest BCUT2D eigenvalue weighted by Gasteiger charge is 2.26. The number of hydrogen-bond acceptors (Lipinski definition) is 4. The third-order valence-electron chi connectivity index (χ3n) is 5.20. The number of esters is 1. The average molecular weight is 394 g/mol. The summed E-state index contributed by atoms with van der Waals surface area (Å²) in [5.41, 5.74) is 2.59. The molecule has 0 unspecified atom stereocenters. The summed E-state index contributed by atoms with van der Waals surface area (Å²) in [5.74, 6) is -0.724. The first-order valence-electron chi connectivity index (χ1n) is 9.96. The largest absolute Gasteiger partial charge is 0.452 e. The van der Waals surface area contributed by atoms with Crippen molar-refractivity contribution >= 4 is 29.2 Å². The Kier molecular flexibility index (Phi) is 6.65. The first-order chi connectivity index (χ1) is 14.0. The van der Waals surface area contributed by atoms with Crippen LogP contribution in [0.15, 0.2) is 48.5 Å². The van der Waals surface area contributed by atoms with Crippen LogP contribution >= 0.6 is 0 Å². The van der Waals surface area contributed by atoms with Crippen molar-refractivity contribution < 1.29 is 19.1 Å². The topological polar surface area (TPSA) is 75.7 Å². The number of hydrogen-bond donors (Lipinski definition) is 1. The van der Waals surface area contributed by atoms with Crippen molar-refractivity contribution in [1.29, 1.82) is 0 Å². The number of carbonyl (C=O) groups excluding carboxylic acids is 3. The minimum Gasteiger partial charge on any atom is -0.452 e. The van der Waals surface area contributed by atoms with Crippen molar-refractivity contribution in [3.63, 3.8) is 0 Å². The molecule has 1 aliphatic rings. The van der Waals surface area contributed by atoms with Gasteiger partial charge in [-0.3, -0.25) is 9.59 Å². The second-order valence-electron chi connectivity index (χ2n) is 7.19. The summed E-state index contributed by atoms with van der Waals surface area (Å²) in [6.07, 6.45) is 2.19. The zero-order valence-corrected chi connectivity index (χ0v) is 16.8. The summed E-state index contributed by atoms with van der Waals surface area (Å²) in [5, 5.41) is 2.83. The number of nitrogens with zero attached hydrogens (tertiary/aromatic N) is 1. The molecule has 0 radical (unpaired) electrons. The van der Waals surface area contributed by atoms with Gasteiger partial charge in [0.1, 0.15) is 0 Å². The second-order valence-corrected chi connectivity index (χ2v) is 7.19. The fourth-order valence-corrected chi connectivity index (χ4v) is 3.44. The number of para-hydroxylation sites is 2. The molecule has 6 heteroatoms. The van der Waals surface area contributed by atoms with Crippen LogP contribution in [0.2, 0.25) is 0 Å². The highest BCUT2D eigenvalue weighted by molar-refractivity contribution is 6.04. The van der Waals surface area contributed by atoms with Gasteiger partial charge in [-0.25, -0.2) is 4.79 Å². The number of rotatable bonds is 7. The van der Waals surface area contributed by atoms with Gasteiger partial charge >= 0.3 is 5.97 Å². The Balaban J connectivity index is 1.65. The molecule has 1 heterocycles. The number of amides is 2. The van der Waals surface area contributed by atoms with E-state index in [4.69, 9.17) is 4.74 Å². The molecule has 152 valence electrons. The zero-order chi connectivity index (χ0) is 20.8. The molecule has 1 N–H and O–H groups in total. The lowest BCUT2D eigenvalue weighted by molar-refractivity contribution is -0.119. The predicted octanol–water partition coefficient (Wildman–Crippen LogP) is 4.12. The highest BCUT2D eigenvalue weighted by Crippen LogP contribution is 2.27. The molecule has 0 bridgehead atoms. The molecule has 1 fully saturated rings. The minimum absolute atomic E-state index is 0.00959. The van der Waals surface area contributed by atoms with Gasteiger partial charge < -0.3 is 15.0 Å². The molecular weight excluding hydrogens is 368 g/mol. The van der Waals surface area contributed by atoms with Crippen LogP contribution in [0.5, 0.6) is 0 Å². The van der Waals surface area contributed by atoms with Crippen LogP contribution in [0.1, 0.15) is 54.9 Å². The molecule has 1 saturated heterocycles. The van der Waals surface area contributed by atoms with Crippen LogP contribution < -0.4 is 10.2 Å². The summed E-state index contributed by atoms with van der Waals surface area (Å²) >= 11 is 0. The van der Waals surface area contributed by atoms with Crippen LogP contribution in [0.3, 0.4) is 0 Å². The molecule has 2 aromatic carbocycles. The lowest BCUT2D eigenvalue weighted by Gasteiger charge is -2.19. The molecule has 6 nitrogen and oxygen atoms in total. The van der Waals surface area contributed by atoms with E-state index in [1.165, 1.54) is 0 Å². The van der Waals surface area contributed by atoms with E-state index in [1.54, 1.807) is 29.2 Å². The number of benzene rings is 2. The van der Waals surface area contributed by atoms with E-state index < -0.39 is 18.5 Å². The maximum Gasteiger partial charge on any atom is 0.340 e. The van der Waals surface area contributed by atoms with E-state index in [0.717, 1.165) is 24.1 Å². The smallest absolute Gasteiger partial charge is 0.340 e. The SMILES string of the molecule is CC[C@@H](C)c1ccccc1NC(=O)COC(=O)c1ccccc1N1CCCC1=O. The van der Waals surface area contributed by atoms with Crippen LogP contribution in [0, 0.1) is 0 Å². The molecule has 1 aliphatic heterocycles. The third kappa shape index (κ3) is 4.83. The Morgan fingerprint density at radius 2 is 1.86 bits per heavy atom. The molecular formula is C23H26N2O4. The maximum atomic E-state index is 12.6. The van der Waals surface area contributed by atoms with Gasteiger partial charge in [-0.15, -0.1) is 0 Å². The molecule has 0 aliphatic carbocycles. The summed E-state index contributed by atoms with van der Waals surface area (Å²) in [4.78, 5) is 38.6. The van der Waals surface area contributed by atoms with E-state index in [2.05, 4.69) is 19.2 Å². The van der Waals surface area contributed by atoms with Gasteiger partial charge in [0.25, 0.3) is 5.91 Å². The van der Waals surface area contributed by atoms with Gasteiger partial charge in [-0.2, -0.15) is 0 Å². The van der Waals surface area contributed by atoms with Crippen molar-refractivity contribution in [1.82, 2.24) is 0 Å². The predicted molar refractivity (Wildman–Crippen MR) is 112 cm³/mol. The number of ether oxygens (including phenoxy) is 1. The Morgan fingerprint density at radius 3 is 2.59 bits per heavy atom. The third-order valence-corrected chi connectivity index (χ3v) is 5.20. The van der Waals surface area contributed by atoms with Crippen molar-refractivity contribution in [2.45, 2.75) is 39.0 Å². The Hall–Kier alpha value is -3.15. The number of nitrogens with one attached hydrogen (secondary N) is 1. The van der Waals surface area contributed by atoms with Gasteiger partial charge in [0, 0.05) is 18.7 Å². The van der Waals surface area contributed by atoms with Crippen LogP contribution in [-0.4, -0.2) is 30.9 Å². The molecule has 2 aromatic rings. The van der Waals surface area contributed by atoms with E-state index in [9.17, 15) is 14.4 Å². The van der Waals surface area contributed by atoms with Crippen molar-refractivity contribution in [2.24, 2.45) is 0 Å². The fourth-order valence-electron chi connectivity index (χ4n) is 3.44. The summed E-state index contributed by atoms with van der Waals surface area (Å²) in [7, 11) is 0. The highest BCUT2D eigenvalue weighted by atomic mass is 16.5. The quantitative estimate of drug-likeness (QED) is 0.717. The van der Waals surface area contributed by atoms with E-state index >= 15 is 0 Å². The standard InChI is InChI=1S/C23H26N2O4/c1-3-16(2)17-9-4-6-11-19(17)24-21(26)15-29-23(28)18-10-5-7-12-20(18)25-14-8-13-22(25)27/h4-7,9-12,16H,3,8,13-15H2,1-2H3,(H,24,26)/t16-/m1/s1. The molecule has 3 rings (SSSR count). The zero-order valence-electron chi connectivity index (χ0n) is 16.8. The second kappa shape index (κ2) is 9.37. The van der Waals surface area contributed by atoms with Gasteiger partial charge in [0.2, 0.25) is 5.91 Å². The van der Waals surface area contributed by atoms with E-state index in [-0.39, 0.29) is 11.5 Å². The van der Waals surface area contributed by atoms with E-state index in [0.29, 0.717) is 24.6 Å². The van der Waals surface area contributed by atoms with Crippen LogP contribution in [-0.2, 0) is 14.3 Å². The minimum atomic E-state index is -0.620. The lowest BCUT2D eigenvalue weighted by atomic mass is 9.97. The number of carbonyl (C=O) groups is 3. The number of anilines is 2. The monoisotopic (exact) mass is 394 g/mol. The van der Waals surface area contributed by atoms with Gasteiger partial charge in [0.15, 0.2) is 6.61 Å². The maximum absolute atomic E-state index is 12.6. The van der Waals surface area contributed by atoms with E-state index in [1.807, 2.05) is 24.3 Å². The summed E-state index contributed by atoms with van der Waals surface area (Å²) < 4.78 is 5.24. The van der Waals surface area contributed by atoms with Gasteiger partial charge in [-0.05, 0) is 42.5 Å². The summed E-state index contributed by atoms with van der Waals surface area (Å²) in [6, 6.07) is 14.4. The Morgan fingerprint density at radius 1 is 1.14 bits per heavy atom. The lowest BCUT2D eigenvalue weighted by Crippen LogP contribution is -2.27. The van der Waals surface area contributed by atoms with Gasteiger partial charge in [-0.1, -0.05) is 44.2 Å². The van der Waals surface area contributed by atoms with Gasteiger partial charge in [0.05, 0.1) is 11.3 Å². The van der Waals surface area contributed by atoms with Crippen LogP contribution in [0.25, 0.3) is 0 Å².